The minimum atomic E-state index is -0.666. The number of hydrogen-bond donors (Lipinski definition) is 3. The fraction of sp³-hybridized carbons (Fsp3) is 0.429. The number of carbonyl (C=O) groups excluding carboxylic acids is 1. The van der Waals surface area contributed by atoms with Crippen LogP contribution in [0.4, 0.5) is 0 Å². The van der Waals surface area contributed by atoms with Gasteiger partial charge in [-0.1, -0.05) is 12.1 Å². The van der Waals surface area contributed by atoms with E-state index in [9.17, 15) is 9.90 Å². The Morgan fingerprint density at radius 1 is 1.42 bits per heavy atom. The van der Waals surface area contributed by atoms with Crippen LogP contribution in [0.1, 0.15) is 29.3 Å². The molecule has 5 nitrogen and oxygen atoms in total. The third-order valence-corrected chi connectivity index (χ3v) is 3.55. The Labute approximate surface area is 112 Å². The van der Waals surface area contributed by atoms with Crippen molar-refractivity contribution in [3.05, 3.63) is 35.4 Å². The number of likely N-dealkylation sites (tertiary alicyclic amines) is 1. The monoisotopic (exact) mass is 261 g/mol. The van der Waals surface area contributed by atoms with Crippen LogP contribution in [0.15, 0.2) is 24.3 Å². The number of hydrogen-bond acceptors (Lipinski definition) is 4. The van der Waals surface area contributed by atoms with Gasteiger partial charge in [0.25, 0.3) is 5.91 Å². The van der Waals surface area contributed by atoms with Crippen molar-refractivity contribution in [1.82, 2.24) is 4.90 Å². The van der Waals surface area contributed by atoms with E-state index in [-0.39, 0.29) is 12.5 Å². The van der Waals surface area contributed by atoms with Crippen molar-refractivity contribution in [2.24, 2.45) is 5.73 Å². The van der Waals surface area contributed by atoms with Crippen molar-refractivity contribution in [3.8, 4) is 0 Å². The SMILES string of the molecule is CC(=N)c1ccc(C(=O)N2CCC(N)(CO)C2)cc1. The molecular formula is C14H19N3O2. The smallest absolute Gasteiger partial charge is 0.253 e. The lowest BCUT2D eigenvalue weighted by Crippen LogP contribution is -2.46. The minimum absolute atomic E-state index is 0.0741. The molecule has 4 N–H and O–H groups in total. The van der Waals surface area contributed by atoms with Crippen molar-refractivity contribution < 1.29 is 9.90 Å². The topological polar surface area (TPSA) is 90.4 Å². The highest BCUT2D eigenvalue weighted by Crippen LogP contribution is 2.20. The Kier molecular flexibility index (Phi) is 3.68. The first-order valence-electron chi connectivity index (χ1n) is 6.30. The van der Waals surface area contributed by atoms with Gasteiger partial charge >= 0.3 is 0 Å². The second-order valence-electron chi connectivity index (χ2n) is 5.20. The minimum Gasteiger partial charge on any atom is -0.394 e. The molecule has 1 aromatic carbocycles. The summed E-state index contributed by atoms with van der Waals surface area (Å²) in [5, 5.41) is 16.7. The summed E-state index contributed by atoms with van der Waals surface area (Å²) in [5.74, 6) is -0.0741. The number of aliphatic hydroxyl groups excluding tert-OH is 1. The molecule has 1 amide bonds. The van der Waals surface area contributed by atoms with Gasteiger partial charge in [-0.15, -0.1) is 0 Å². The molecule has 1 atom stereocenters. The van der Waals surface area contributed by atoms with Crippen LogP contribution >= 0.6 is 0 Å². The van der Waals surface area contributed by atoms with E-state index in [4.69, 9.17) is 11.1 Å². The number of carbonyl (C=O) groups is 1. The quantitative estimate of drug-likeness (QED) is 0.696. The number of aliphatic hydroxyl groups is 1. The first kappa shape index (κ1) is 13.7. The van der Waals surface area contributed by atoms with E-state index in [2.05, 4.69) is 0 Å². The first-order chi connectivity index (χ1) is 8.95. The summed E-state index contributed by atoms with van der Waals surface area (Å²) >= 11 is 0. The third-order valence-electron chi connectivity index (χ3n) is 3.55. The molecule has 0 aliphatic carbocycles. The summed E-state index contributed by atoms with van der Waals surface area (Å²) in [6.07, 6.45) is 0.618. The standard InChI is InChI=1S/C14H19N3O2/c1-10(15)11-2-4-12(5-3-11)13(19)17-7-6-14(16,8-17)9-18/h2-5,15,18H,6-9,16H2,1H3. The van der Waals surface area contributed by atoms with E-state index in [0.717, 1.165) is 5.56 Å². The van der Waals surface area contributed by atoms with Gasteiger partial charge < -0.3 is 21.1 Å². The van der Waals surface area contributed by atoms with Crippen LogP contribution < -0.4 is 5.73 Å². The van der Waals surface area contributed by atoms with E-state index in [1.54, 1.807) is 36.1 Å². The maximum atomic E-state index is 12.3. The molecule has 0 radical (unpaired) electrons. The van der Waals surface area contributed by atoms with Gasteiger partial charge in [0.05, 0.1) is 12.1 Å². The van der Waals surface area contributed by atoms with Gasteiger partial charge in [0.2, 0.25) is 0 Å². The Hall–Kier alpha value is -1.72. The summed E-state index contributed by atoms with van der Waals surface area (Å²) in [5.41, 5.74) is 7.16. The molecule has 0 aromatic heterocycles. The third kappa shape index (κ3) is 2.83. The zero-order valence-corrected chi connectivity index (χ0v) is 11.0. The number of nitrogens with two attached hydrogens (primary N) is 1. The van der Waals surface area contributed by atoms with E-state index in [0.29, 0.717) is 30.8 Å². The van der Waals surface area contributed by atoms with Crippen LogP contribution in [0.2, 0.25) is 0 Å². The van der Waals surface area contributed by atoms with Gasteiger partial charge in [-0.05, 0) is 31.0 Å². The number of rotatable bonds is 3. The Morgan fingerprint density at radius 2 is 2.00 bits per heavy atom. The maximum Gasteiger partial charge on any atom is 0.253 e. The molecule has 1 aromatic rings. The molecule has 1 fully saturated rings. The van der Waals surface area contributed by atoms with Crippen LogP contribution in [0.5, 0.6) is 0 Å². The van der Waals surface area contributed by atoms with Crippen LogP contribution in [-0.2, 0) is 0 Å². The summed E-state index contributed by atoms with van der Waals surface area (Å²) in [4.78, 5) is 13.9. The number of benzene rings is 1. The Bertz CT molecular complexity index is 498. The first-order valence-corrected chi connectivity index (χ1v) is 6.30. The lowest BCUT2D eigenvalue weighted by molar-refractivity contribution is 0.0775. The molecule has 19 heavy (non-hydrogen) atoms. The van der Waals surface area contributed by atoms with Crippen molar-refractivity contribution in [2.45, 2.75) is 18.9 Å². The van der Waals surface area contributed by atoms with Gasteiger partial charge in [0.1, 0.15) is 0 Å². The molecule has 5 heteroatoms. The van der Waals surface area contributed by atoms with Crippen molar-refractivity contribution >= 4 is 11.6 Å². The Morgan fingerprint density at radius 3 is 2.47 bits per heavy atom. The fourth-order valence-electron chi connectivity index (χ4n) is 2.24. The molecule has 1 unspecified atom stereocenters. The lowest BCUT2D eigenvalue weighted by atomic mass is 10.0. The highest BCUT2D eigenvalue weighted by molar-refractivity contribution is 5.98. The number of nitrogens with one attached hydrogen (secondary N) is 1. The van der Waals surface area contributed by atoms with Crippen molar-refractivity contribution in [2.75, 3.05) is 19.7 Å². The predicted octanol–water partition coefficient (Wildman–Crippen LogP) is 0.610. The molecular weight excluding hydrogens is 242 g/mol. The van der Waals surface area contributed by atoms with Crippen molar-refractivity contribution in [3.63, 3.8) is 0 Å². The summed E-state index contributed by atoms with van der Waals surface area (Å²) in [6.45, 7) is 2.55. The maximum absolute atomic E-state index is 12.3. The molecule has 2 rings (SSSR count). The lowest BCUT2D eigenvalue weighted by Gasteiger charge is -2.22. The highest BCUT2D eigenvalue weighted by Gasteiger charge is 2.36. The normalized spacial score (nSPS) is 22.6. The van der Waals surface area contributed by atoms with Crippen LogP contribution in [-0.4, -0.2) is 46.9 Å². The van der Waals surface area contributed by atoms with Crippen LogP contribution in [0.25, 0.3) is 0 Å². The molecule has 0 spiro atoms. The van der Waals surface area contributed by atoms with Gasteiger partial charge in [-0.2, -0.15) is 0 Å². The van der Waals surface area contributed by atoms with Crippen molar-refractivity contribution in [1.29, 1.82) is 5.41 Å². The van der Waals surface area contributed by atoms with Gasteiger partial charge in [-0.25, -0.2) is 0 Å². The fourth-order valence-corrected chi connectivity index (χ4v) is 2.24. The largest absolute Gasteiger partial charge is 0.394 e. The summed E-state index contributed by atoms with van der Waals surface area (Å²) in [7, 11) is 0. The van der Waals surface area contributed by atoms with Crippen LogP contribution in [0, 0.1) is 5.41 Å². The molecule has 1 heterocycles. The second kappa shape index (κ2) is 5.11. The van der Waals surface area contributed by atoms with Gasteiger partial charge in [-0.3, -0.25) is 4.79 Å². The molecule has 102 valence electrons. The zero-order valence-electron chi connectivity index (χ0n) is 11.0. The van der Waals surface area contributed by atoms with Gasteiger partial charge in [0, 0.05) is 24.4 Å². The molecule has 1 saturated heterocycles. The summed E-state index contributed by atoms with van der Waals surface area (Å²) < 4.78 is 0. The van der Waals surface area contributed by atoms with E-state index in [1.165, 1.54) is 0 Å². The van der Waals surface area contributed by atoms with E-state index < -0.39 is 5.54 Å². The zero-order chi connectivity index (χ0) is 14.0. The predicted molar refractivity (Wildman–Crippen MR) is 73.5 cm³/mol. The Balaban J connectivity index is 2.10. The van der Waals surface area contributed by atoms with Gasteiger partial charge in [0.15, 0.2) is 0 Å². The second-order valence-corrected chi connectivity index (χ2v) is 5.20. The molecule has 1 aliphatic heterocycles. The van der Waals surface area contributed by atoms with Crippen LogP contribution in [0.3, 0.4) is 0 Å². The molecule has 0 saturated carbocycles. The summed E-state index contributed by atoms with van der Waals surface area (Å²) in [6, 6.07) is 7.00. The average Bonchev–Trinajstić information content (AvgIpc) is 2.81. The van der Waals surface area contributed by atoms with E-state index >= 15 is 0 Å². The molecule has 1 aliphatic rings. The number of amides is 1. The molecule has 0 bridgehead atoms. The average molecular weight is 261 g/mol. The highest BCUT2D eigenvalue weighted by atomic mass is 16.3. The number of nitrogens with zero attached hydrogens (tertiary/aromatic N) is 1. The van der Waals surface area contributed by atoms with E-state index in [1.807, 2.05) is 0 Å².